The summed E-state index contributed by atoms with van der Waals surface area (Å²) in [6.07, 6.45) is 0. The number of esters is 1. The minimum Gasteiger partial charge on any atom is -0.497 e. The summed E-state index contributed by atoms with van der Waals surface area (Å²) in [5.74, 6) is 2.29. The number of hydrogen-bond donors (Lipinski definition) is 0. The molecule has 3 rings (SSSR count). The summed E-state index contributed by atoms with van der Waals surface area (Å²) in [4.78, 5) is 12.2. The lowest BCUT2D eigenvalue weighted by Crippen LogP contribution is -2.08. The molecule has 5 heteroatoms. The molecule has 0 fully saturated rings. The van der Waals surface area contributed by atoms with Crippen molar-refractivity contribution in [1.82, 2.24) is 0 Å². The van der Waals surface area contributed by atoms with Crippen LogP contribution < -0.4 is 18.9 Å². The van der Waals surface area contributed by atoms with E-state index < -0.39 is 5.97 Å². The first-order valence-corrected chi connectivity index (χ1v) is 8.40. The van der Waals surface area contributed by atoms with Crippen molar-refractivity contribution >= 4 is 5.97 Å². The van der Waals surface area contributed by atoms with E-state index in [0.29, 0.717) is 23.7 Å². The topological polar surface area (TPSA) is 54.0 Å². The van der Waals surface area contributed by atoms with Gasteiger partial charge in [-0.25, -0.2) is 4.79 Å². The molecule has 0 saturated carbocycles. The summed E-state index contributed by atoms with van der Waals surface area (Å²) in [6.45, 7) is 0.416. The van der Waals surface area contributed by atoms with Crippen LogP contribution in [0.2, 0.25) is 0 Å². The zero-order valence-corrected chi connectivity index (χ0v) is 15.2. The largest absolute Gasteiger partial charge is 0.497 e. The van der Waals surface area contributed by atoms with Crippen molar-refractivity contribution in [2.24, 2.45) is 0 Å². The molecule has 3 aromatic carbocycles. The number of benzene rings is 3. The van der Waals surface area contributed by atoms with E-state index in [2.05, 4.69) is 0 Å². The van der Waals surface area contributed by atoms with Gasteiger partial charge in [-0.05, 0) is 66.2 Å². The standard InChI is InChI=1S/C22H20O5/c1-24-18-9-5-17(6-10-18)22(23)27-21-7-3-16(4-8-21)15-26-20-13-11-19(25-2)12-14-20/h3-14H,15H2,1-2H3. The highest BCUT2D eigenvalue weighted by Crippen LogP contribution is 2.20. The van der Waals surface area contributed by atoms with Crippen molar-refractivity contribution in [3.63, 3.8) is 0 Å². The highest BCUT2D eigenvalue weighted by Gasteiger charge is 2.09. The molecule has 0 spiro atoms. The lowest BCUT2D eigenvalue weighted by molar-refractivity contribution is 0.0734. The monoisotopic (exact) mass is 364 g/mol. The first-order chi connectivity index (χ1) is 13.2. The van der Waals surface area contributed by atoms with Gasteiger partial charge in [0.25, 0.3) is 0 Å². The smallest absolute Gasteiger partial charge is 0.343 e. The van der Waals surface area contributed by atoms with E-state index in [1.165, 1.54) is 0 Å². The van der Waals surface area contributed by atoms with Crippen LogP contribution in [0, 0.1) is 0 Å². The maximum atomic E-state index is 12.2. The highest BCUT2D eigenvalue weighted by molar-refractivity contribution is 5.91. The molecule has 0 bridgehead atoms. The van der Waals surface area contributed by atoms with Crippen molar-refractivity contribution in [2.45, 2.75) is 6.61 Å². The number of hydrogen-bond acceptors (Lipinski definition) is 5. The molecule has 138 valence electrons. The van der Waals surface area contributed by atoms with Crippen molar-refractivity contribution in [3.05, 3.63) is 83.9 Å². The van der Waals surface area contributed by atoms with E-state index in [9.17, 15) is 4.79 Å². The van der Waals surface area contributed by atoms with E-state index in [-0.39, 0.29) is 0 Å². The molecule has 0 aromatic heterocycles. The fourth-order valence-corrected chi connectivity index (χ4v) is 2.39. The van der Waals surface area contributed by atoms with Crippen LogP contribution in [0.5, 0.6) is 23.0 Å². The van der Waals surface area contributed by atoms with E-state index >= 15 is 0 Å². The van der Waals surface area contributed by atoms with Gasteiger partial charge in [-0.3, -0.25) is 0 Å². The molecule has 5 nitrogen and oxygen atoms in total. The minimum atomic E-state index is -0.417. The van der Waals surface area contributed by atoms with Gasteiger partial charge < -0.3 is 18.9 Å². The van der Waals surface area contributed by atoms with Gasteiger partial charge in [0, 0.05) is 0 Å². The van der Waals surface area contributed by atoms with Gasteiger partial charge in [-0.2, -0.15) is 0 Å². The highest BCUT2D eigenvalue weighted by atomic mass is 16.5. The van der Waals surface area contributed by atoms with Gasteiger partial charge in [-0.1, -0.05) is 12.1 Å². The third-order valence-electron chi connectivity index (χ3n) is 3.92. The molecular weight excluding hydrogens is 344 g/mol. The fourth-order valence-electron chi connectivity index (χ4n) is 2.39. The van der Waals surface area contributed by atoms with Crippen LogP contribution in [0.1, 0.15) is 15.9 Å². The third-order valence-corrected chi connectivity index (χ3v) is 3.92. The quantitative estimate of drug-likeness (QED) is 0.456. The Morgan fingerprint density at radius 1 is 0.667 bits per heavy atom. The van der Waals surface area contributed by atoms with Gasteiger partial charge in [0.05, 0.1) is 19.8 Å². The van der Waals surface area contributed by atoms with Gasteiger partial charge in [-0.15, -0.1) is 0 Å². The van der Waals surface area contributed by atoms with Crippen molar-refractivity contribution in [1.29, 1.82) is 0 Å². The van der Waals surface area contributed by atoms with Gasteiger partial charge in [0.1, 0.15) is 29.6 Å². The maximum Gasteiger partial charge on any atom is 0.343 e. The molecule has 0 N–H and O–H groups in total. The first kappa shape index (κ1) is 18.3. The Kier molecular flexibility index (Phi) is 5.94. The van der Waals surface area contributed by atoms with E-state index in [1.807, 2.05) is 36.4 Å². The summed E-state index contributed by atoms with van der Waals surface area (Å²) < 4.78 is 21.3. The number of carbonyl (C=O) groups excluding carboxylic acids is 1. The van der Waals surface area contributed by atoms with Gasteiger partial charge >= 0.3 is 5.97 Å². The Hall–Kier alpha value is -3.47. The van der Waals surface area contributed by atoms with Crippen LogP contribution in [0.25, 0.3) is 0 Å². The Bertz CT molecular complexity index is 868. The Morgan fingerprint density at radius 3 is 1.70 bits per heavy atom. The second kappa shape index (κ2) is 8.76. The average molecular weight is 364 g/mol. The Morgan fingerprint density at radius 2 is 1.15 bits per heavy atom. The molecule has 0 radical (unpaired) electrons. The molecule has 27 heavy (non-hydrogen) atoms. The summed E-state index contributed by atoms with van der Waals surface area (Å²) in [5.41, 5.74) is 1.43. The van der Waals surface area contributed by atoms with Crippen LogP contribution in [0.15, 0.2) is 72.8 Å². The van der Waals surface area contributed by atoms with Crippen LogP contribution in [0.4, 0.5) is 0 Å². The molecule has 0 atom stereocenters. The number of rotatable bonds is 7. The first-order valence-electron chi connectivity index (χ1n) is 8.40. The van der Waals surface area contributed by atoms with Crippen molar-refractivity contribution in [2.75, 3.05) is 14.2 Å². The summed E-state index contributed by atoms with van der Waals surface area (Å²) in [6, 6.07) is 21.4. The zero-order chi connectivity index (χ0) is 19.1. The van der Waals surface area contributed by atoms with Crippen LogP contribution in [0.3, 0.4) is 0 Å². The molecule has 0 saturated heterocycles. The molecule has 0 amide bonds. The van der Waals surface area contributed by atoms with Gasteiger partial charge in [0.15, 0.2) is 0 Å². The lowest BCUT2D eigenvalue weighted by atomic mass is 10.2. The summed E-state index contributed by atoms with van der Waals surface area (Å²) in [7, 11) is 3.20. The van der Waals surface area contributed by atoms with E-state index in [0.717, 1.165) is 17.1 Å². The molecule has 0 heterocycles. The Labute approximate surface area is 158 Å². The zero-order valence-electron chi connectivity index (χ0n) is 15.2. The third kappa shape index (κ3) is 5.01. The molecule has 0 aliphatic rings. The molecule has 0 aliphatic carbocycles. The normalized spacial score (nSPS) is 10.1. The van der Waals surface area contributed by atoms with Crippen LogP contribution >= 0.6 is 0 Å². The van der Waals surface area contributed by atoms with Crippen LogP contribution in [-0.4, -0.2) is 20.2 Å². The molecule has 0 aliphatic heterocycles. The molecular formula is C22H20O5. The van der Waals surface area contributed by atoms with Crippen molar-refractivity contribution < 1.29 is 23.7 Å². The molecule has 0 unspecified atom stereocenters. The van der Waals surface area contributed by atoms with Crippen LogP contribution in [-0.2, 0) is 6.61 Å². The number of carbonyl (C=O) groups is 1. The SMILES string of the molecule is COc1ccc(OCc2ccc(OC(=O)c3ccc(OC)cc3)cc2)cc1. The van der Waals surface area contributed by atoms with Crippen molar-refractivity contribution in [3.8, 4) is 23.0 Å². The predicted molar refractivity (Wildman–Crippen MR) is 102 cm³/mol. The number of ether oxygens (including phenoxy) is 4. The fraction of sp³-hybridized carbons (Fsp3) is 0.136. The minimum absolute atomic E-state index is 0.416. The predicted octanol–water partition coefficient (Wildman–Crippen LogP) is 4.50. The summed E-state index contributed by atoms with van der Waals surface area (Å²) in [5, 5.41) is 0. The average Bonchev–Trinajstić information content (AvgIpc) is 2.73. The molecule has 3 aromatic rings. The number of methoxy groups -OCH3 is 2. The maximum absolute atomic E-state index is 12.2. The summed E-state index contributed by atoms with van der Waals surface area (Å²) >= 11 is 0. The second-order valence-electron chi connectivity index (χ2n) is 5.73. The van der Waals surface area contributed by atoms with E-state index in [1.54, 1.807) is 50.6 Å². The van der Waals surface area contributed by atoms with Gasteiger partial charge in [0.2, 0.25) is 0 Å². The second-order valence-corrected chi connectivity index (χ2v) is 5.73. The lowest BCUT2D eigenvalue weighted by Gasteiger charge is -2.08. The Balaban J connectivity index is 1.55. The van der Waals surface area contributed by atoms with E-state index in [4.69, 9.17) is 18.9 Å².